The first kappa shape index (κ1) is 15.7. The predicted molar refractivity (Wildman–Crippen MR) is 76.6 cm³/mol. The smallest absolute Gasteiger partial charge is 0.337 e. The van der Waals surface area contributed by atoms with Crippen LogP contribution in [0.3, 0.4) is 0 Å². The van der Waals surface area contributed by atoms with Crippen molar-refractivity contribution in [2.75, 3.05) is 18.9 Å². The molecule has 116 valence electrons. The molecule has 0 unspecified atom stereocenters. The summed E-state index contributed by atoms with van der Waals surface area (Å²) in [5, 5.41) is 9.14. The number of hydrogen-bond acceptors (Lipinski definition) is 5. The van der Waals surface area contributed by atoms with Crippen molar-refractivity contribution in [2.45, 2.75) is 30.2 Å². The molecule has 2 rings (SSSR count). The lowest BCUT2D eigenvalue weighted by Gasteiger charge is -2.34. The summed E-state index contributed by atoms with van der Waals surface area (Å²) in [6, 6.07) is 3.71. The van der Waals surface area contributed by atoms with Crippen molar-refractivity contribution in [2.24, 2.45) is 0 Å². The molecule has 1 aliphatic heterocycles. The van der Waals surface area contributed by atoms with E-state index in [-0.39, 0.29) is 16.1 Å². The second-order valence-electron chi connectivity index (χ2n) is 5.34. The molecule has 1 fully saturated rings. The van der Waals surface area contributed by atoms with Crippen LogP contribution in [0.25, 0.3) is 0 Å². The van der Waals surface area contributed by atoms with E-state index in [0.29, 0.717) is 26.1 Å². The number of hydrogen-bond donors (Lipinski definition) is 3. The van der Waals surface area contributed by atoms with Crippen LogP contribution in [0.4, 0.5) is 5.69 Å². The number of ether oxygens (including phenoxy) is 1. The van der Waals surface area contributed by atoms with Crippen LogP contribution >= 0.6 is 0 Å². The summed E-state index contributed by atoms with van der Waals surface area (Å²) < 4.78 is 32.8. The second kappa shape index (κ2) is 5.63. The summed E-state index contributed by atoms with van der Waals surface area (Å²) in [4.78, 5) is 10.9. The number of rotatable bonds is 4. The van der Waals surface area contributed by atoms with Gasteiger partial charge < -0.3 is 15.6 Å². The standard InChI is InChI=1S/C13H18N2O5S/c1-13(4-6-20-7-5-13)15-21(18,19)11-8-9(14)2-3-10(11)12(16)17/h2-3,8,15H,4-7,14H2,1H3,(H,16,17). The molecule has 0 saturated carbocycles. The zero-order valence-electron chi connectivity index (χ0n) is 11.6. The number of nitrogen functional groups attached to an aromatic ring is 1. The van der Waals surface area contributed by atoms with Gasteiger partial charge in [-0.25, -0.2) is 17.9 Å². The average molecular weight is 314 g/mol. The van der Waals surface area contributed by atoms with E-state index in [0.717, 1.165) is 6.07 Å². The molecule has 0 atom stereocenters. The Balaban J connectivity index is 2.39. The first-order valence-electron chi connectivity index (χ1n) is 6.48. The minimum absolute atomic E-state index is 0.192. The van der Waals surface area contributed by atoms with Crippen LogP contribution in [0.2, 0.25) is 0 Å². The van der Waals surface area contributed by atoms with Gasteiger partial charge in [-0.1, -0.05) is 0 Å². The lowest BCUT2D eigenvalue weighted by molar-refractivity contribution is 0.0536. The minimum Gasteiger partial charge on any atom is -0.478 e. The number of carboxylic acid groups (broad SMARTS) is 1. The largest absolute Gasteiger partial charge is 0.478 e. The molecule has 0 radical (unpaired) electrons. The molecule has 0 spiro atoms. The number of nitrogens with one attached hydrogen (secondary N) is 1. The van der Waals surface area contributed by atoms with E-state index in [9.17, 15) is 13.2 Å². The highest BCUT2D eigenvalue weighted by Gasteiger charge is 2.34. The molecule has 4 N–H and O–H groups in total. The van der Waals surface area contributed by atoms with Crippen molar-refractivity contribution in [1.82, 2.24) is 4.72 Å². The van der Waals surface area contributed by atoms with Gasteiger partial charge in [-0.05, 0) is 38.0 Å². The fraction of sp³-hybridized carbons (Fsp3) is 0.462. The minimum atomic E-state index is -3.98. The highest BCUT2D eigenvalue weighted by molar-refractivity contribution is 7.89. The van der Waals surface area contributed by atoms with Crippen molar-refractivity contribution >= 4 is 21.7 Å². The van der Waals surface area contributed by atoms with Crippen molar-refractivity contribution in [3.63, 3.8) is 0 Å². The predicted octanol–water partition coefficient (Wildman–Crippen LogP) is 0.814. The Morgan fingerprint density at radius 3 is 2.57 bits per heavy atom. The Kier molecular flexibility index (Phi) is 4.22. The van der Waals surface area contributed by atoms with Gasteiger partial charge in [0, 0.05) is 24.4 Å². The summed E-state index contributed by atoms with van der Waals surface area (Å²) in [7, 11) is -3.98. The van der Waals surface area contributed by atoms with Crippen LogP contribution in [0.1, 0.15) is 30.1 Å². The van der Waals surface area contributed by atoms with E-state index < -0.39 is 21.5 Å². The summed E-state index contributed by atoms with van der Waals surface area (Å²) in [5.74, 6) is -1.31. The molecule has 1 aliphatic rings. The number of nitrogens with two attached hydrogens (primary N) is 1. The van der Waals surface area contributed by atoms with E-state index >= 15 is 0 Å². The molecule has 0 amide bonds. The maximum Gasteiger partial charge on any atom is 0.337 e. The second-order valence-corrected chi connectivity index (χ2v) is 6.99. The van der Waals surface area contributed by atoms with Gasteiger partial charge in [-0.3, -0.25) is 0 Å². The van der Waals surface area contributed by atoms with Gasteiger partial charge in [-0.2, -0.15) is 0 Å². The SMILES string of the molecule is CC1(NS(=O)(=O)c2cc(N)ccc2C(=O)O)CCOCC1. The van der Waals surface area contributed by atoms with Gasteiger partial charge in [-0.15, -0.1) is 0 Å². The average Bonchev–Trinajstić information content (AvgIpc) is 2.37. The van der Waals surface area contributed by atoms with Crippen LogP contribution in [0.5, 0.6) is 0 Å². The molecule has 8 heteroatoms. The van der Waals surface area contributed by atoms with Gasteiger partial charge in [0.25, 0.3) is 0 Å². The number of carboxylic acids is 1. The third kappa shape index (κ3) is 3.52. The topological polar surface area (TPSA) is 119 Å². The van der Waals surface area contributed by atoms with E-state index in [1.165, 1.54) is 12.1 Å². The molecular weight excluding hydrogens is 296 g/mol. The number of carbonyl (C=O) groups is 1. The molecule has 1 heterocycles. The van der Waals surface area contributed by atoms with E-state index in [1.54, 1.807) is 6.92 Å². The molecule has 0 aromatic heterocycles. The highest BCUT2D eigenvalue weighted by atomic mass is 32.2. The quantitative estimate of drug-likeness (QED) is 0.708. The third-order valence-corrected chi connectivity index (χ3v) is 5.18. The maximum atomic E-state index is 12.5. The number of sulfonamides is 1. The normalized spacial score (nSPS) is 18.3. The lowest BCUT2D eigenvalue weighted by atomic mass is 9.94. The fourth-order valence-corrected chi connectivity index (χ4v) is 3.94. The molecular formula is C13H18N2O5S. The van der Waals surface area contributed by atoms with E-state index in [2.05, 4.69) is 4.72 Å². The number of anilines is 1. The lowest BCUT2D eigenvalue weighted by Crippen LogP contribution is -2.49. The van der Waals surface area contributed by atoms with Crippen LogP contribution < -0.4 is 10.5 Å². The zero-order chi connectivity index (χ0) is 15.7. The van der Waals surface area contributed by atoms with Gasteiger partial charge in [0.1, 0.15) is 0 Å². The Morgan fingerprint density at radius 2 is 2.00 bits per heavy atom. The molecule has 1 aromatic carbocycles. The van der Waals surface area contributed by atoms with E-state index in [4.69, 9.17) is 15.6 Å². The van der Waals surface area contributed by atoms with Crippen LogP contribution in [-0.2, 0) is 14.8 Å². The van der Waals surface area contributed by atoms with Crippen molar-refractivity contribution in [1.29, 1.82) is 0 Å². The first-order chi connectivity index (χ1) is 9.73. The Labute approximate surface area is 123 Å². The molecule has 0 aliphatic carbocycles. The van der Waals surface area contributed by atoms with Crippen LogP contribution in [0, 0.1) is 0 Å². The van der Waals surface area contributed by atoms with Gasteiger partial charge in [0.05, 0.1) is 10.5 Å². The van der Waals surface area contributed by atoms with Gasteiger partial charge in [0.15, 0.2) is 0 Å². The zero-order valence-corrected chi connectivity index (χ0v) is 12.4. The fourth-order valence-electron chi connectivity index (χ4n) is 2.24. The van der Waals surface area contributed by atoms with Crippen LogP contribution in [-0.4, -0.2) is 38.2 Å². The molecule has 21 heavy (non-hydrogen) atoms. The van der Waals surface area contributed by atoms with Crippen molar-refractivity contribution in [3.05, 3.63) is 23.8 Å². The molecule has 0 bridgehead atoms. The van der Waals surface area contributed by atoms with Crippen LogP contribution in [0.15, 0.2) is 23.1 Å². The Hall–Kier alpha value is -1.64. The number of aromatic carboxylic acids is 1. The van der Waals surface area contributed by atoms with Crippen molar-refractivity contribution in [3.8, 4) is 0 Å². The Morgan fingerprint density at radius 1 is 1.38 bits per heavy atom. The molecule has 7 nitrogen and oxygen atoms in total. The first-order valence-corrected chi connectivity index (χ1v) is 7.96. The number of benzene rings is 1. The monoisotopic (exact) mass is 314 g/mol. The van der Waals surface area contributed by atoms with Crippen molar-refractivity contribution < 1.29 is 23.1 Å². The summed E-state index contributed by atoms with van der Waals surface area (Å²) >= 11 is 0. The molecule has 1 saturated heterocycles. The third-order valence-electron chi connectivity index (χ3n) is 3.50. The maximum absolute atomic E-state index is 12.5. The van der Waals surface area contributed by atoms with Gasteiger partial charge in [0.2, 0.25) is 10.0 Å². The summed E-state index contributed by atoms with van der Waals surface area (Å²) in [5.41, 5.74) is 4.82. The van der Waals surface area contributed by atoms with E-state index in [1.807, 2.05) is 0 Å². The Bertz CT molecular complexity index is 651. The van der Waals surface area contributed by atoms with Gasteiger partial charge >= 0.3 is 5.97 Å². The molecule has 1 aromatic rings. The highest BCUT2D eigenvalue weighted by Crippen LogP contribution is 2.25. The summed E-state index contributed by atoms with van der Waals surface area (Å²) in [6.07, 6.45) is 1.05. The summed E-state index contributed by atoms with van der Waals surface area (Å²) in [6.45, 7) is 2.70.